The van der Waals surface area contributed by atoms with Gasteiger partial charge in [0.25, 0.3) is 0 Å². The van der Waals surface area contributed by atoms with Crippen LogP contribution in [-0.4, -0.2) is 16.8 Å². The van der Waals surface area contributed by atoms with Crippen LogP contribution in [0.25, 0.3) is 0 Å². The maximum atomic E-state index is 12.5. The number of carbonyl (C=O) groups excluding carboxylic acids is 2. The molecule has 5 nitrogen and oxygen atoms in total. The fraction of sp³-hybridized carbons (Fsp3) is 0.312. The molecular formula is C16H17N3O2S. The largest absolute Gasteiger partial charge is 0.369 e. The number of nitrogens with one attached hydrogen (secondary N) is 1. The van der Waals surface area contributed by atoms with Crippen molar-refractivity contribution in [2.75, 3.05) is 5.32 Å². The highest BCUT2D eigenvalue weighted by atomic mass is 32.1. The molecule has 1 atom stereocenters. The summed E-state index contributed by atoms with van der Waals surface area (Å²) in [5.41, 5.74) is 8.10. The lowest BCUT2D eigenvalue weighted by Gasteiger charge is -2.24. The van der Waals surface area contributed by atoms with Crippen LogP contribution in [0.3, 0.4) is 0 Å². The van der Waals surface area contributed by atoms with E-state index in [1.54, 1.807) is 5.38 Å². The van der Waals surface area contributed by atoms with Crippen molar-refractivity contribution in [3.63, 3.8) is 0 Å². The van der Waals surface area contributed by atoms with E-state index in [0.717, 1.165) is 24.8 Å². The molecule has 0 spiro atoms. The van der Waals surface area contributed by atoms with E-state index in [1.165, 1.54) is 16.9 Å². The van der Waals surface area contributed by atoms with Gasteiger partial charge in [-0.25, -0.2) is 4.98 Å². The first kappa shape index (κ1) is 14.7. The first-order valence-corrected chi connectivity index (χ1v) is 8.13. The second kappa shape index (κ2) is 6.27. The van der Waals surface area contributed by atoms with Crippen molar-refractivity contribution in [1.82, 2.24) is 4.98 Å². The number of carbonyl (C=O) groups is 2. The van der Waals surface area contributed by atoms with Crippen LogP contribution in [0.2, 0.25) is 0 Å². The molecular weight excluding hydrogens is 298 g/mol. The van der Waals surface area contributed by atoms with Gasteiger partial charge >= 0.3 is 0 Å². The normalized spacial score (nSPS) is 16.8. The van der Waals surface area contributed by atoms with E-state index >= 15 is 0 Å². The van der Waals surface area contributed by atoms with E-state index in [4.69, 9.17) is 5.73 Å². The summed E-state index contributed by atoms with van der Waals surface area (Å²) in [6.45, 7) is 0. The molecule has 1 unspecified atom stereocenters. The number of nitrogens with two attached hydrogens (primary N) is 1. The molecule has 1 heterocycles. The maximum Gasteiger partial charge on any atom is 0.233 e. The highest BCUT2D eigenvalue weighted by molar-refractivity contribution is 7.13. The predicted molar refractivity (Wildman–Crippen MR) is 85.8 cm³/mol. The number of primary amides is 1. The third kappa shape index (κ3) is 3.17. The van der Waals surface area contributed by atoms with Gasteiger partial charge in [0.2, 0.25) is 11.8 Å². The van der Waals surface area contributed by atoms with Crippen molar-refractivity contribution in [2.24, 2.45) is 5.73 Å². The molecule has 6 heteroatoms. The van der Waals surface area contributed by atoms with Gasteiger partial charge in [0.05, 0.1) is 18.0 Å². The summed E-state index contributed by atoms with van der Waals surface area (Å²) in [5, 5.41) is 5.13. The number of rotatable bonds is 4. The minimum atomic E-state index is -0.426. The Morgan fingerprint density at radius 2 is 2.18 bits per heavy atom. The van der Waals surface area contributed by atoms with Crippen molar-refractivity contribution in [3.8, 4) is 0 Å². The number of anilines is 1. The number of aryl methyl sites for hydroxylation is 1. The van der Waals surface area contributed by atoms with Crippen LogP contribution >= 0.6 is 11.3 Å². The molecule has 2 aromatic rings. The summed E-state index contributed by atoms with van der Waals surface area (Å²) in [6, 6.07) is 8.09. The van der Waals surface area contributed by atoms with E-state index in [-0.39, 0.29) is 18.2 Å². The molecule has 0 bridgehead atoms. The fourth-order valence-corrected chi connectivity index (χ4v) is 3.56. The Balaban J connectivity index is 1.73. The lowest BCUT2D eigenvalue weighted by atomic mass is 9.82. The molecule has 1 aliphatic carbocycles. The second-order valence-electron chi connectivity index (χ2n) is 5.42. The zero-order valence-corrected chi connectivity index (χ0v) is 12.9. The third-order valence-corrected chi connectivity index (χ3v) is 4.63. The Morgan fingerprint density at radius 1 is 1.36 bits per heavy atom. The Kier molecular flexibility index (Phi) is 4.20. The number of nitrogens with zero attached hydrogens (tertiary/aromatic N) is 1. The minimum absolute atomic E-state index is 0.0351. The summed E-state index contributed by atoms with van der Waals surface area (Å²) in [5.74, 6) is -0.593. The van der Waals surface area contributed by atoms with Crippen molar-refractivity contribution >= 4 is 28.3 Å². The molecule has 3 rings (SSSR count). The Labute approximate surface area is 132 Å². The topological polar surface area (TPSA) is 85.1 Å². The van der Waals surface area contributed by atoms with Gasteiger partial charge in [0, 0.05) is 5.38 Å². The average Bonchev–Trinajstić information content (AvgIpc) is 2.92. The van der Waals surface area contributed by atoms with Gasteiger partial charge in [-0.1, -0.05) is 24.3 Å². The number of fused-ring (bicyclic) bond motifs is 1. The smallest absolute Gasteiger partial charge is 0.233 e. The lowest BCUT2D eigenvalue weighted by molar-refractivity contribution is -0.118. The Hall–Kier alpha value is -2.21. The zero-order valence-electron chi connectivity index (χ0n) is 12.0. The van der Waals surface area contributed by atoms with Crippen LogP contribution in [0, 0.1) is 0 Å². The molecule has 3 N–H and O–H groups in total. The van der Waals surface area contributed by atoms with Crippen molar-refractivity contribution < 1.29 is 9.59 Å². The zero-order chi connectivity index (χ0) is 15.5. The number of benzene rings is 1. The number of hydrogen-bond donors (Lipinski definition) is 2. The quantitative estimate of drug-likeness (QED) is 0.907. The molecule has 2 amide bonds. The van der Waals surface area contributed by atoms with Crippen LogP contribution in [-0.2, 0) is 22.4 Å². The second-order valence-corrected chi connectivity index (χ2v) is 6.28. The monoisotopic (exact) mass is 315 g/mol. The predicted octanol–water partition coefficient (Wildman–Crippen LogP) is 2.23. The van der Waals surface area contributed by atoms with E-state index < -0.39 is 5.91 Å². The minimum Gasteiger partial charge on any atom is -0.369 e. The standard InChI is InChI=1S/C16H17N3O2S/c17-14(20)8-11-9-22-16(18-11)19-15(21)13-7-3-5-10-4-1-2-6-12(10)13/h1-2,4,6,9,13H,3,5,7-8H2,(H2,17,20)(H,18,19,21). The SMILES string of the molecule is NC(=O)Cc1csc(NC(=O)C2CCCc3ccccc32)n1. The maximum absolute atomic E-state index is 12.5. The molecule has 1 aromatic carbocycles. The molecule has 0 saturated heterocycles. The molecule has 0 aliphatic heterocycles. The van der Waals surface area contributed by atoms with Gasteiger partial charge in [0.15, 0.2) is 5.13 Å². The number of hydrogen-bond acceptors (Lipinski definition) is 4. The van der Waals surface area contributed by atoms with Crippen molar-refractivity contribution in [2.45, 2.75) is 31.6 Å². The van der Waals surface area contributed by atoms with Crippen LogP contribution in [0.15, 0.2) is 29.6 Å². The third-order valence-electron chi connectivity index (χ3n) is 3.82. The fourth-order valence-electron chi connectivity index (χ4n) is 2.84. The number of aromatic nitrogens is 1. The molecule has 1 aliphatic rings. The van der Waals surface area contributed by atoms with Gasteiger partial charge in [-0.15, -0.1) is 11.3 Å². The summed E-state index contributed by atoms with van der Waals surface area (Å²) in [7, 11) is 0. The molecule has 22 heavy (non-hydrogen) atoms. The molecule has 0 radical (unpaired) electrons. The first-order chi connectivity index (χ1) is 10.6. The van der Waals surface area contributed by atoms with Gasteiger partial charge in [-0.3, -0.25) is 9.59 Å². The number of thiazole rings is 1. The summed E-state index contributed by atoms with van der Waals surface area (Å²) < 4.78 is 0. The highest BCUT2D eigenvalue weighted by Crippen LogP contribution is 2.32. The highest BCUT2D eigenvalue weighted by Gasteiger charge is 2.26. The number of amides is 2. The van der Waals surface area contributed by atoms with Crippen LogP contribution < -0.4 is 11.1 Å². The van der Waals surface area contributed by atoms with Crippen LogP contribution in [0.4, 0.5) is 5.13 Å². The van der Waals surface area contributed by atoms with Crippen molar-refractivity contribution in [3.05, 3.63) is 46.5 Å². The van der Waals surface area contributed by atoms with Gasteiger partial charge in [-0.05, 0) is 30.4 Å². The molecule has 0 saturated carbocycles. The van der Waals surface area contributed by atoms with Crippen LogP contribution in [0.5, 0.6) is 0 Å². The van der Waals surface area contributed by atoms with E-state index in [0.29, 0.717) is 10.8 Å². The summed E-state index contributed by atoms with van der Waals surface area (Å²) in [6.07, 6.45) is 2.99. The molecule has 1 aromatic heterocycles. The van der Waals surface area contributed by atoms with E-state index in [9.17, 15) is 9.59 Å². The molecule has 0 fully saturated rings. The first-order valence-electron chi connectivity index (χ1n) is 7.25. The van der Waals surface area contributed by atoms with Gasteiger partial charge in [-0.2, -0.15) is 0 Å². The lowest BCUT2D eigenvalue weighted by Crippen LogP contribution is -2.24. The van der Waals surface area contributed by atoms with E-state index in [1.807, 2.05) is 18.2 Å². The van der Waals surface area contributed by atoms with Crippen molar-refractivity contribution in [1.29, 1.82) is 0 Å². The molecule has 114 valence electrons. The Bertz CT molecular complexity index is 711. The summed E-state index contributed by atoms with van der Waals surface area (Å²) >= 11 is 1.31. The van der Waals surface area contributed by atoms with E-state index in [2.05, 4.69) is 16.4 Å². The van der Waals surface area contributed by atoms with Crippen LogP contribution in [0.1, 0.15) is 35.6 Å². The van der Waals surface area contributed by atoms with Gasteiger partial charge in [0.1, 0.15) is 0 Å². The van der Waals surface area contributed by atoms with Gasteiger partial charge < -0.3 is 11.1 Å². The summed E-state index contributed by atoms with van der Waals surface area (Å²) in [4.78, 5) is 27.6. The Morgan fingerprint density at radius 3 is 3.00 bits per heavy atom. The average molecular weight is 315 g/mol.